The van der Waals surface area contributed by atoms with E-state index in [1.165, 1.54) is 6.42 Å². The molecule has 3 rings (SSSR count). The van der Waals surface area contributed by atoms with Crippen molar-refractivity contribution in [2.24, 2.45) is 5.92 Å². The van der Waals surface area contributed by atoms with Crippen LogP contribution in [0.25, 0.3) is 11.0 Å². The van der Waals surface area contributed by atoms with Crippen molar-refractivity contribution in [3.8, 4) is 0 Å². The normalized spacial score (nSPS) is 15.6. The Morgan fingerprint density at radius 2 is 1.95 bits per heavy atom. The van der Waals surface area contributed by atoms with Crippen molar-refractivity contribution in [1.29, 1.82) is 0 Å². The maximum Gasteiger partial charge on any atom is 0.258 e. The maximum absolute atomic E-state index is 12.0. The fourth-order valence-electron chi connectivity index (χ4n) is 2.90. The molecule has 1 aliphatic rings. The number of nitrogens with one attached hydrogen (secondary N) is 2. The van der Waals surface area contributed by atoms with E-state index in [1.807, 2.05) is 24.3 Å². The summed E-state index contributed by atoms with van der Waals surface area (Å²) in [5.41, 5.74) is 4.37. The van der Waals surface area contributed by atoms with Crippen molar-refractivity contribution in [2.45, 2.75) is 32.1 Å². The standard InChI is InChI=1S/C16H20N4O2/c21-15(10-17-16(22)12-6-2-1-3-7-12)19-20-11-18-13-8-4-5-9-14(13)20/h4-5,8-9,11-12H,1-3,6-7,10H2,(H,17,22)(H,19,21). The fourth-order valence-corrected chi connectivity index (χ4v) is 2.90. The van der Waals surface area contributed by atoms with Crippen LogP contribution in [0.2, 0.25) is 0 Å². The van der Waals surface area contributed by atoms with Gasteiger partial charge in [0.05, 0.1) is 17.6 Å². The van der Waals surface area contributed by atoms with Gasteiger partial charge >= 0.3 is 0 Å². The Balaban J connectivity index is 1.53. The van der Waals surface area contributed by atoms with Gasteiger partial charge in [0, 0.05) is 5.92 Å². The largest absolute Gasteiger partial charge is 0.347 e. The van der Waals surface area contributed by atoms with E-state index in [0.717, 1.165) is 36.7 Å². The molecule has 0 spiro atoms. The summed E-state index contributed by atoms with van der Waals surface area (Å²) in [5, 5.41) is 2.73. The molecular weight excluding hydrogens is 280 g/mol. The Morgan fingerprint density at radius 1 is 1.18 bits per heavy atom. The van der Waals surface area contributed by atoms with Crippen LogP contribution in [-0.4, -0.2) is 28.0 Å². The molecule has 1 saturated carbocycles. The molecule has 2 amide bonds. The minimum absolute atomic E-state index is 0.00895. The molecule has 116 valence electrons. The molecule has 1 aliphatic carbocycles. The first-order chi connectivity index (χ1) is 10.7. The summed E-state index contributed by atoms with van der Waals surface area (Å²) >= 11 is 0. The average molecular weight is 300 g/mol. The second-order valence-electron chi connectivity index (χ2n) is 5.69. The molecule has 1 heterocycles. The van der Waals surface area contributed by atoms with E-state index in [-0.39, 0.29) is 24.3 Å². The lowest BCUT2D eigenvalue weighted by Gasteiger charge is -2.20. The molecule has 1 fully saturated rings. The number of hydrogen-bond acceptors (Lipinski definition) is 3. The van der Waals surface area contributed by atoms with Crippen molar-refractivity contribution in [3.63, 3.8) is 0 Å². The van der Waals surface area contributed by atoms with Gasteiger partial charge in [-0.3, -0.25) is 15.0 Å². The lowest BCUT2D eigenvalue weighted by Crippen LogP contribution is -2.39. The number of carbonyl (C=O) groups excluding carboxylic acids is 2. The zero-order valence-corrected chi connectivity index (χ0v) is 12.4. The molecule has 2 N–H and O–H groups in total. The first-order valence-corrected chi connectivity index (χ1v) is 7.74. The van der Waals surface area contributed by atoms with Crippen LogP contribution in [0.5, 0.6) is 0 Å². The molecule has 0 aliphatic heterocycles. The number of amides is 2. The third-order valence-electron chi connectivity index (χ3n) is 4.10. The quantitative estimate of drug-likeness (QED) is 0.904. The van der Waals surface area contributed by atoms with Crippen LogP contribution in [0.15, 0.2) is 30.6 Å². The van der Waals surface area contributed by atoms with E-state index < -0.39 is 0 Å². The van der Waals surface area contributed by atoms with E-state index >= 15 is 0 Å². The average Bonchev–Trinajstić information content (AvgIpc) is 2.97. The van der Waals surface area contributed by atoms with Crippen LogP contribution in [0.4, 0.5) is 0 Å². The van der Waals surface area contributed by atoms with Crippen LogP contribution in [0, 0.1) is 5.92 Å². The molecular formula is C16H20N4O2. The monoisotopic (exact) mass is 300 g/mol. The number of nitrogens with zero attached hydrogens (tertiary/aromatic N) is 2. The summed E-state index contributed by atoms with van der Waals surface area (Å²) in [6.07, 6.45) is 6.83. The molecule has 2 aromatic rings. The SMILES string of the molecule is O=C(CNC(=O)C1CCCCC1)Nn1cnc2ccccc21. The third-order valence-corrected chi connectivity index (χ3v) is 4.10. The highest BCUT2D eigenvalue weighted by Gasteiger charge is 2.21. The number of imidazole rings is 1. The second kappa shape index (κ2) is 6.60. The molecule has 0 unspecified atom stereocenters. The fraction of sp³-hybridized carbons (Fsp3) is 0.438. The lowest BCUT2D eigenvalue weighted by molar-refractivity contribution is -0.128. The first-order valence-electron chi connectivity index (χ1n) is 7.74. The number of rotatable bonds is 4. The Bertz CT molecular complexity index is 674. The summed E-state index contributed by atoms with van der Waals surface area (Å²) in [5.74, 6) is -0.201. The highest BCUT2D eigenvalue weighted by Crippen LogP contribution is 2.23. The molecule has 0 saturated heterocycles. The van der Waals surface area contributed by atoms with Crippen molar-refractivity contribution in [2.75, 3.05) is 12.0 Å². The number of hydrogen-bond donors (Lipinski definition) is 2. The third kappa shape index (κ3) is 3.27. The van der Waals surface area contributed by atoms with Crippen molar-refractivity contribution in [3.05, 3.63) is 30.6 Å². The minimum atomic E-state index is -0.257. The van der Waals surface area contributed by atoms with Gasteiger partial charge in [-0.1, -0.05) is 31.4 Å². The van der Waals surface area contributed by atoms with Crippen LogP contribution >= 0.6 is 0 Å². The Hall–Kier alpha value is -2.37. The van der Waals surface area contributed by atoms with Crippen LogP contribution in [-0.2, 0) is 9.59 Å². The van der Waals surface area contributed by atoms with Gasteiger partial charge in [0.1, 0.15) is 6.33 Å². The summed E-state index contributed by atoms with van der Waals surface area (Å²) < 4.78 is 1.57. The highest BCUT2D eigenvalue weighted by molar-refractivity contribution is 5.91. The van der Waals surface area contributed by atoms with Gasteiger partial charge in [-0.2, -0.15) is 0 Å². The molecule has 0 bridgehead atoms. The zero-order valence-electron chi connectivity index (χ0n) is 12.4. The van der Waals surface area contributed by atoms with Gasteiger partial charge in [-0.25, -0.2) is 9.66 Å². The second-order valence-corrected chi connectivity index (χ2v) is 5.69. The Kier molecular flexibility index (Phi) is 4.37. The van der Waals surface area contributed by atoms with E-state index in [1.54, 1.807) is 11.0 Å². The summed E-state index contributed by atoms with van der Waals surface area (Å²) in [7, 11) is 0. The summed E-state index contributed by atoms with van der Waals surface area (Å²) in [6, 6.07) is 7.54. The van der Waals surface area contributed by atoms with E-state index in [2.05, 4.69) is 15.7 Å². The number of benzene rings is 1. The van der Waals surface area contributed by atoms with Crippen molar-refractivity contribution >= 4 is 22.8 Å². The molecule has 6 nitrogen and oxygen atoms in total. The van der Waals surface area contributed by atoms with Crippen LogP contribution in [0.1, 0.15) is 32.1 Å². The molecule has 1 aromatic carbocycles. The highest BCUT2D eigenvalue weighted by atomic mass is 16.2. The van der Waals surface area contributed by atoms with Gasteiger partial charge in [-0.05, 0) is 25.0 Å². The molecule has 22 heavy (non-hydrogen) atoms. The predicted molar refractivity (Wildman–Crippen MR) is 83.7 cm³/mol. The molecule has 0 radical (unpaired) electrons. The Labute approximate surface area is 128 Å². The Morgan fingerprint density at radius 3 is 2.77 bits per heavy atom. The van der Waals surface area contributed by atoms with E-state index in [9.17, 15) is 9.59 Å². The van der Waals surface area contributed by atoms with Gasteiger partial charge in [0.25, 0.3) is 5.91 Å². The maximum atomic E-state index is 12.0. The summed E-state index contributed by atoms with van der Waals surface area (Å²) in [6.45, 7) is -0.0121. The predicted octanol–water partition coefficient (Wildman–Crippen LogP) is 1.80. The van der Waals surface area contributed by atoms with Gasteiger partial charge in [0.15, 0.2) is 0 Å². The molecule has 0 atom stereocenters. The number of aromatic nitrogens is 2. The summed E-state index contributed by atoms with van der Waals surface area (Å²) in [4.78, 5) is 28.2. The number of para-hydroxylation sites is 2. The van der Waals surface area contributed by atoms with Gasteiger partial charge in [-0.15, -0.1) is 0 Å². The van der Waals surface area contributed by atoms with E-state index in [4.69, 9.17) is 0 Å². The van der Waals surface area contributed by atoms with Crippen LogP contribution in [0.3, 0.4) is 0 Å². The molecule has 1 aromatic heterocycles. The lowest BCUT2D eigenvalue weighted by atomic mass is 9.89. The van der Waals surface area contributed by atoms with Crippen molar-refractivity contribution in [1.82, 2.24) is 15.0 Å². The number of fused-ring (bicyclic) bond motifs is 1. The minimum Gasteiger partial charge on any atom is -0.347 e. The van der Waals surface area contributed by atoms with Gasteiger partial charge < -0.3 is 5.32 Å². The van der Waals surface area contributed by atoms with Crippen molar-refractivity contribution < 1.29 is 9.59 Å². The van der Waals surface area contributed by atoms with Gasteiger partial charge in [0.2, 0.25) is 5.91 Å². The molecule has 6 heteroatoms. The topological polar surface area (TPSA) is 76.0 Å². The zero-order chi connectivity index (χ0) is 15.4. The number of carbonyl (C=O) groups is 2. The van der Waals surface area contributed by atoms with E-state index in [0.29, 0.717) is 0 Å². The van der Waals surface area contributed by atoms with Crippen LogP contribution < -0.4 is 10.7 Å². The smallest absolute Gasteiger partial charge is 0.258 e. The first kappa shape index (κ1) is 14.6.